The van der Waals surface area contributed by atoms with Crippen LogP contribution < -0.4 is 14.2 Å². The predicted octanol–water partition coefficient (Wildman–Crippen LogP) is 5.46. The van der Waals surface area contributed by atoms with Gasteiger partial charge >= 0.3 is 12.3 Å². The molecule has 0 heterocycles. The Balaban J connectivity index is 2.29. The minimum Gasteiger partial charge on any atom is -0.494 e. The van der Waals surface area contributed by atoms with Gasteiger partial charge in [0.15, 0.2) is 5.75 Å². The highest BCUT2D eigenvalue weighted by Gasteiger charge is 2.21. The maximum Gasteiger partial charge on any atom is 0.513 e. The Labute approximate surface area is 168 Å². The fraction of sp³-hybridized carbons (Fsp3) is 0.273. The first-order valence-corrected chi connectivity index (χ1v) is 9.39. The second-order valence-corrected chi connectivity index (χ2v) is 5.91. The van der Waals surface area contributed by atoms with Crippen LogP contribution in [0.1, 0.15) is 20.8 Å². The van der Waals surface area contributed by atoms with Crippen LogP contribution in [0.25, 0.3) is 21.5 Å². The monoisotopic (exact) mass is 398 g/mol. The van der Waals surface area contributed by atoms with E-state index in [2.05, 4.69) is 0 Å². The van der Waals surface area contributed by atoms with Crippen molar-refractivity contribution in [1.82, 2.24) is 0 Å². The van der Waals surface area contributed by atoms with Crippen LogP contribution in [0.15, 0.2) is 42.5 Å². The molecule has 0 atom stereocenters. The van der Waals surface area contributed by atoms with Crippen molar-refractivity contribution in [3.05, 3.63) is 42.5 Å². The minimum absolute atomic E-state index is 0.183. The predicted molar refractivity (Wildman–Crippen MR) is 108 cm³/mol. The van der Waals surface area contributed by atoms with Crippen molar-refractivity contribution in [2.45, 2.75) is 20.8 Å². The Bertz CT molecular complexity index is 1040. The van der Waals surface area contributed by atoms with Gasteiger partial charge in [0.25, 0.3) is 0 Å². The third kappa shape index (κ3) is 4.34. The van der Waals surface area contributed by atoms with Gasteiger partial charge in [-0.05, 0) is 39.0 Å². The summed E-state index contributed by atoms with van der Waals surface area (Å²) in [6, 6.07) is 12.4. The molecule has 0 aliphatic carbocycles. The Kier molecular flexibility index (Phi) is 6.39. The summed E-state index contributed by atoms with van der Waals surface area (Å²) in [5.41, 5.74) is 0. The SMILES string of the molecule is CCOC(=O)Oc1c2ccccc2c(OC(=O)OCC)c2cc(OCC)ccc12. The number of ether oxygens (including phenoxy) is 5. The lowest BCUT2D eigenvalue weighted by Crippen LogP contribution is -2.12. The first-order valence-electron chi connectivity index (χ1n) is 9.39. The van der Waals surface area contributed by atoms with Crippen molar-refractivity contribution in [3.8, 4) is 17.2 Å². The molecule has 0 saturated heterocycles. The first-order chi connectivity index (χ1) is 14.1. The standard InChI is InChI=1S/C22H22O7/c1-4-25-14-11-12-17-18(13-14)20(29-22(24)27-6-3)16-10-8-7-9-15(16)19(17)28-21(23)26-5-2/h7-13H,4-6H2,1-3H3. The Morgan fingerprint density at radius 2 is 1.21 bits per heavy atom. The molecule has 3 aromatic rings. The third-order valence-corrected chi connectivity index (χ3v) is 4.10. The number of hydrogen-bond donors (Lipinski definition) is 0. The number of carbonyl (C=O) groups excluding carboxylic acids is 2. The maximum atomic E-state index is 12.1. The van der Waals surface area contributed by atoms with Crippen LogP contribution in [0.3, 0.4) is 0 Å². The Morgan fingerprint density at radius 1 is 0.690 bits per heavy atom. The summed E-state index contributed by atoms with van der Waals surface area (Å²) in [4.78, 5) is 24.1. The fourth-order valence-corrected chi connectivity index (χ4v) is 3.02. The lowest BCUT2D eigenvalue weighted by molar-refractivity contribution is 0.103. The number of carbonyl (C=O) groups is 2. The van der Waals surface area contributed by atoms with Gasteiger partial charge in [-0.25, -0.2) is 9.59 Å². The highest BCUT2D eigenvalue weighted by Crippen LogP contribution is 2.44. The number of fused-ring (bicyclic) bond motifs is 2. The summed E-state index contributed by atoms with van der Waals surface area (Å²) in [7, 11) is 0. The zero-order valence-electron chi connectivity index (χ0n) is 16.5. The molecule has 0 bridgehead atoms. The second kappa shape index (κ2) is 9.14. The maximum absolute atomic E-state index is 12.1. The first kappa shape index (κ1) is 20.3. The molecule has 0 spiro atoms. The molecule has 3 aromatic carbocycles. The van der Waals surface area contributed by atoms with Crippen molar-refractivity contribution in [2.75, 3.05) is 19.8 Å². The van der Waals surface area contributed by atoms with Gasteiger partial charge in [-0.15, -0.1) is 0 Å². The summed E-state index contributed by atoms with van der Waals surface area (Å²) in [6.45, 7) is 6.11. The molecule has 0 unspecified atom stereocenters. The number of benzene rings is 3. The van der Waals surface area contributed by atoms with Gasteiger partial charge in [-0.1, -0.05) is 24.3 Å². The molecule has 152 valence electrons. The average molecular weight is 398 g/mol. The fourth-order valence-electron chi connectivity index (χ4n) is 3.02. The molecule has 0 N–H and O–H groups in total. The van der Waals surface area contributed by atoms with Gasteiger partial charge in [-0.2, -0.15) is 0 Å². The third-order valence-electron chi connectivity index (χ3n) is 4.10. The van der Waals surface area contributed by atoms with E-state index in [1.54, 1.807) is 56.3 Å². The minimum atomic E-state index is -0.820. The molecule has 7 heteroatoms. The van der Waals surface area contributed by atoms with Crippen LogP contribution in [-0.4, -0.2) is 32.1 Å². The Morgan fingerprint density at radius 3 is 1.72 bits per heavy atom. The molecule has 0 amide bonds. The van der Waals surface area contributed by atoms with Crippen LogP contribution in [0, 0.1) is 0 Å². The lowest BCUT2D eigenvalue weighted by Gasteiger charge is -2.16. The molecular formula is C22H22O7. The van der Waals surface area contributed by atoms with Crippen molar-refractivity contribution < 1.29 is 33.3 Å². The summed E-state index contributed by atoms with van der Waals surface area (Å²) >= 11 is 0. The average Bonchev–Trinajstić information content (AvgIpc) is 2.71. The van der Waals surface area contributed by atoms with Crippen LogP contribution >= 0.6 is 0 Å². The normalized spacial score (nSPS) is 10.6. The van der Waals surface area contributed by atoms with Crippen LogP contribution in [-0.2, 0) is 9.47 Å². The largest absolute Gasteiger partial charge is 0.513 e. The van der Waals surface area contributed by atoms with Gasteiger partial charge in [0, 0.05) is 21.5 Å². The van der Waals surface area contributed by atoms with Crippen molar-refractivity contribution >= 4 is 33.9 Å². The van der Waals surface area contributed by atoms with E-state index in [1.807, 2.05) is 6.92 Å². The van der Waals surface area contributed by atoms with E-state index in [9.17, 15) is 9.59 Å². The van der Waals surface area contributed by atoms with Gasteiger partial charge in [0.2, 0.25) is 0 Å². The molecule has 3 rings (SSSR count). The van der Waals surface area contributed by atoms with E-state index < -0.39 is 12.3 Å². The van der Waals surface area contributed by atoms with Crippen LogP contribution in [0.5, 0.6) is 17.2 Å². The highest BCUT2D eigenvalue weighted by molar-refractivity contribution is 6.12. The molecule has 7 nitrogen and oxygen atoms in total. The zero-order chi connectivity index (χ0) is 20.8. The van der Waals surface area contributed by atoms with Crippen molar-refractivity contribution in [1.29, 1.82) is 0 Å². The molecule has 0 saturated carbocycles. The molecule has 0 aliphatic rings. The summed E-state index contributed by atoms with van der Waals surface area (Å²) < 4.78 is 26.5. The van der Waals surface area contributed by atoms with E-state index in [-0.39, 0.29) is 13.2 Å². The highest BCUT2D eigenvalue weighted by atomic mass is 16.7. The summed E-state index contributed by atoms with van der Waals surface area (Å²) in [6.07, 6.45) is -1.63. The van der Waals surface area contributed by atoms with Gasteiger partial charge in [0.1, 0.15) is 11.5 Å². The molecular weight excluding hydrogens is 376 g/mol. The smallest absolute Gasteiger partial charge is 0.494 e. The zero-order valence-corrected chi connectivity index (χ0v) is 16.5. The molecule has 29 heavy (non-hydrogen) atoms. The van der Waals surface area contributed by atoms with Gasteiger partial charge in [-0.3, -0.25) is 0 Å². The summed E-state index contributed by atoms with van der Waals surface area (Å²) in [5, 5.41) is 2.29. The molecule has 0 radical (unpaired) electrons. The van der Waals surface area contributed by atoms with Gasteiger partial charge < -0.3 is 23.7 Å². The van der Waals surface area contributed by atoms with Crippen LogP contribution in [0.4, 0.5) is 9.59 Å². The van der Waals surface area contributed by atoms with Crippen molar-refractivity contribution in [3.63, 3.8) is 0 Å². The topological polar surface area (TPSA) is 80.3 Å². The lowest BCUT2D eigenvalue weighted by atomic mass is 10.0. The molecule has 0 aliphatic heterocycles. The Hall–Kier alpha value is -3.48. The van der Waals surface area contributed by atoms with Gasteiger partial charge in [0.05, 0.1) is 19.8 Å². The summed E-state index contributed by atoms with van der Waals surface area (Å²) in [5.74, 6) is 1.20. The van der Waals surface area contributed by atoms with E-state index in [4.69, 9.17) is 23.7 Å². The van der Waals surface area contributed by atoms with Crippen LogP contribution in [0.2, 0.25) is 0 Å². The van der Waals surface area contributed by atoms with E-state index in [0.29, 0.717) is 45.4 Å². The second-order valence-electron chi connectivity index (χ2n) is 5.91. The van der Waals surface area contributed by atoms with Crippen molar-refractivity contribution in [2.24, 2.45) is 0 Å². The quantitative estimate of drug-likeness (QED) is 0.310. The van der Waals surface area contributed by atoms with E-state index in [1.165, 1.54) is 0 Å². The molecule has 0 fully saturated rings. The number of hydrogen-bond acceptors (Lipinski definition) is 7. The van der Waals surface area contributed by atoms with E-state index >= 15 is 0 Å². The number of rotatable bonds is 6. The molecule has 0 aromatic heterocycles. The van der Waals surface area contributed by atoms with E-state index in [0.717, 1.165) is 0 Å².